The Labute approximate surface area is 146 Å². The summed E-state index contributed by atoms with van der Waals surface area (Å²) in [4.78, 5) is 20.9. The molecule has 5 nitrogen and oxygen atoms in total. The van der Waals surface area contributed by atoms with Gasteiger partial charge in [0, 0.05) is 49.0 Å². The number of ketones is 1. The number of piperazine rings is 1. The van der Waals surface area contributed by atoms with E-state index in [4.69, 9.17) is 5.26 Å². The van der Waals surface area contributed by atoms with Gasteiger partial charge in [-0.15, -0.1) is 11.3 Å². The molecule has 24 heavy (non-hydrogen) atoms. The van der Waals surface area contributed by atoms with Gasteiger partial charge in [-0.2, -0.15) is 5.26 Å². The van der Waals surface area contributed by atoms with Crippen molar-refractivity contribution in [3.8, 4) is 6.07 Å². The summed E-state index contributed by atoms with van der Waals surface area (Å²) in [6, 6.07) is 7.78. The molecular formula is C18H20N4OS. The minimum Gasteiger partial charge on any atom is -0.368 e. The first-order valence-electron chi connectivity index (χ1n) is 8.03. The summed E-state index contributed by atoms with van der Waals surface area (Å²) in [6.45, 7) is 7.26. The molecule has 1 unspecified atom stereocenters. The van der Waals surface area contributed by atoms with Crippen molar-refractivity contribution in [3.05, 3.63) is 45.9 Å². The lowest BCUT2D eigenvalue weighted by Gasteiger charge is -2.39. The smallest absolute Gasteiger partial charge is 0.161 e. The van der Waals surface area contributed by atoms with Crippen LogP contribution in [0.25, 0.3) is 0 Å². The number of nitrogens with zero attached hydrogens (tertiary/aromatic N) is 4. The second kappa shape index (κ2) is 7.12. The molecule has 1 aliphatic heterocycles. The molecule has 1 saturated heterocycles. The molecule has 2 heterocycles. The molecule has 124 valence electrons. The molecule has 1 aliphatic rings. The summed E-state index contributed by atoms with van der Waals surface area (Å²) in [5.74, 6) is 0.0353. The lowest BCUT2D eigenvalue weighted by Crippen LogP contribution is -2.47. The summed E-state index contributed by atoms with van der Waals surface area (Å²) in [5, 5.41) is 12.3. The number of thiazole rings is 1. The van der Waals surface area contributed by atoms with Gasteiger partial charge in [0.05, 0.1) is 17.7 Å². The maximum Gasteiger partial charge on any atom is 0.161 e. The highest BCUT2D eigenvalue weighted by molar-refractivity contribution is 7.09. The number of benzene rings is 1. The summed E-state index contributed by atoms with van der Waals surface area (Å²) in [5.41, 5.74) is 2.16. The molecule has 0 saturated carbocycles. The third-order valence-electron chi connectivity index (χ3n) is 4.52. The lowest BCUT2D eigenvalue weighted by molar-refractivity contribution is 0.101. The molecule has 1 fully saturated rings. The van der Waals surface area contributed by atoms with E-state index in [0.29, 0.717) is 17.2 Å². The average molecular weight is 340 g/mol. The number of aromatic nitrogens is 1. The molecule has 2 aromatic rings. The van der Waals surface area contributed by atoms with Gasteiger partial charge in [-0.05, 0) is 32.0 Å². The van der Waals surface area contributed by atoms with Crippen molar-refractivity contribution < 1.29 is 4.79 Å². The summed E-state index contributed by atoms with van der Waals surface area (Å²) in [7, 11) is 0. The second-order valence-electron chi connectivity index (χ2n) is 5.97. The standard InChI is InChI=1S/C18H20N4OS/c1-13(18-20-5-10-24-18)21-6-8-22(9-7-21)17-11-15(12-19)3-4-16(17)14(2)23/h3-5,10-11,13H,6-9H2,1-2H3. The highest BCUT2D eigenvalue weighted by Crippen LogP contribution is 2.27. The minimum atomic E-state index is 0.0353. The Kier molecular flexibility index (Phi) is 4.93. The van der Waals surface area contributed by atoms with Crippen molar-refractivity contribution in [2.45, 2.75) is 19.9 Å². The fraction of sp³-hybridized carbons (Fsp3) is 0.389. The van der Waals surface area contributed by atoms with E-state index in [-0.39, 0.29) is 5.78 Å². The van der Waals surface area contributed by atoms with Gasteiger partial charge >= 0.3 is 0 Å². The van der Waals surface area contributed by atoms with Gasteiger partial charge in [0.15, 0.2) is 5.78 Å². The maximum absolute atomic E-state index is 11.9. The third kappa shape index (κ3) is 3.32. The van der Waals surface area contributed by atoms with Crippen molar-refractivity contribution in [2.75, 3.05) is 31.1 Å². The number of carbonyl (C=O) groups is 1. The molecule has 0 radical (unpaired) electrons. The van der Waals surface area contributed by atoms with Crippen molar-refractivity contribution in [1.29, 1.82) is 5.26 Å². The van der Waals surface area contributed by atoms with E-state index >= 15 is 0 Å². The molecule has 0 N–H and O–H groups in total. The van der Waals surface area contributed by atoms with Crippen LogP contribution in [0.15, 0.2) is 29.8 Å². The topological polar surface area (TPSA) is 60.2 Å². The van der Waals surface area contributed by atoms with E-state index < -0.39 is 0 Å². The molecule has 6 heteroatoms. The third-order valence-corrected chi connectivity index (χ3v) is 5.46. The number of rotatable bonds is 4. The molecule has 0 bridgehead atoms. The first-order valence-corrected chi connectivity index (χ1v) is 8.91. The SMILES string of the molecule is CC(=O)c1ccc(C#N)cc1N1CCN(C(C)c2nccs2)CC1. The molecule has 0 spiro atoms. The maximum atomic E-state index is 11.9. The average Bonchev–Trinajstić information content (AvgIpc) is 3.15. The van der Waals surface area contributed by atoms with Crippen molar-refractivity contribution in [1.82, 2.24) is 9.88 Å². The fourth-order valence-corrected chi connectivity index (χ4v) is 3.84. The Morgan fingerprint density at radius 1 is 1.33 bits per heavy atom. The zero-order valence-corrected chi connectivity index (χ0v) is 14.7. The predicted molar refractivity (Wildman–Crippen MR) is 95.5 cm³/mol. The van der Waals surface area contributed by atoms with Crippen LogP contribution in [-0.4, -0.2) is 41.8 Å². The second-order valence-corrected chi connectivity index (χ2v) is 6.90. The highest BCUT2D eigenvalue weighted by atomic mass is 32.1. The van der Waals surface area contributed by atoms with Crippen molar-refractivity contribution in [2.24, 2.45) is 0 Å². The quantitative estimate of drug-likeness (QED) is 0.801. The molecule has 3 rings (SSSR count). The Morgan fingerprint density at radius 2 is 2.08 bits per heavy atom. The zero-order valence-electron chi connectivity index (χ0n) is 13.9. The first-order chi connectivity index (χ1) is 11.6. The van der Waals surface area contributed by atoms with E-state index in [1.54, 1.807) is 30.4 Å². The highest BCUT2D eigenvalue weighted by Gasteiger charge is 2.25. The molecule has 0 aliphatic carbocycles. The van der Waals surface area contributed by atoms with Crippen LogP contribution in [0.4, 0.5) is 5.69 Å². The van der Waals surface area contributed by atoms with Crippen LogP contribution in [-0.2, 0) is 0 Å². The summed E-state index contributed by atoms with van der Waals surface area (Å²) < 4.78 is 0. The lowest BCUT2D eigenvalue weighted by atomic mass is 10.0. The number of carbonyl (C=O) groups excluding carboxylic acids is 1. The summed E-state index contributed by atoms with van der Waals surface area (Å²) in [6.07, 6.45) is 1.85. The van der Waals surface area contributed by atoms with Crippen LogP contribution >= 0.6 is 11.3 Å². The van der Waals surface area contributed by atoms with Gasteiger partial charge in [-0.1, -0.05) is 0 Å². The summed E-state index contributed by atoms with van der Waals surface area (Å²) >= 11 is 1.69. The van der Waals surface area contributed by atoms with Crippen LogP contribution in [0.5, 0.6) is 0 Å². The van der Waals surface area contributed by atoms with Crippen LogP contribution in [0.3, 0.4) is 0 Å². The van der Waals surface area contributed by atoms with Gasteiger partial charge in [-0.3, -0.25) is 9.69 Å². The Bertz CT molecular complexity index is 758. The van der Waals surface area contributed by atoms with Crippen LogP contribution in [0, 0.1) is 11.3 Å². The van der Waals surface area contributed by atoms with Crippen LogP contribution in [0.2, 0.25) is 0 Å². The van der Waals surface area contributed by atoms with Gasteiger partial charge in [0.1, 0.15) is 5.01 Å². The Morgan fingerprint density at radius 3 is 2.67 bits per heavy atom. The number of anilines is 1. The van der Waals surface area contributed by atoms with Gasteiger partial charge < -0.3 is 4.90 Å². The van der Waals surface area contributed by atoms with E-state index in [1.807, 2.05) is 17.6 Å². The monoisotopic (exact) mass is 340 g/mol. The largest absolute Gasteiger partial charge is 0.368 e. The van der Waals surface area contributed by atoms with Crippen molar-refractivity contribution in [3.63, 3.8) is 0 Å². The predicted octanol–water partition coefficient (Wildman–Crippen LogP) is 3.10. The van der Waals surface area contributed by atoms with Gasteiger partial charge in [0.2, 0.25) is 0 Å². The first kappa shape index (κ1) is 16.6. The van der Waals surface area contributed by atoms with Crippen LogP contribution in [0.1, 0.15) is 40.8 Å². The van der Waals surface area contributed by atoms with Gasteiger partial charge in [-0.25, -0.2) is 4.98 Å². The molecular weight excluding hydrogens is 320 g/mol. The fourth-order valence-electron chi connectivity index (χ4n) is 3.11. The molecule has 1 aromatic heterocycles. The number of nitriles is 1. The number of Topliss-reactive ketones (excluding diaryl/α,β-unsaturated/α-hetero) is 1. The number of hydrogen-bond acceptors (Lipinski definition) is 6. The molecule has 1 aromatic carbocycles. The Hall–Kier alpha value is -2.23. The van der Waals surface area contributed by atoms with Crippen LogP contribution < -0.4 is 4.90 Å². The minimum absolute atomic E-state index is 0.0353. The van der Waals surface area contributed by atoms with E-state index in [2.05, 4.69) is 27.8 Å². The normalized spacial score (nSPS) is 16.6. The van der Waals surface area contributed by atoms with E-state index in [1.165, 1.54) is 0 Å². The molecule has 1 atom stereocenters. The Balaban J connectivity index is 1.75. The zero-order chi connectivity index (χ0) is 17.1. The van der Waals surface area contributed by atoms with E-state index in [9.17, 15) is 4.79 Å². The van der Waals surface area contributed by atoms with Gasteiger partial charge in [0.25, 0.3) is 0 Å². The molecule has 0 amide bonds. The van der Waals surface area contributed by atoms with Crippen molar-refractivity contribution >= 4 is 22.8 Å². The van der Waals surface area contributed by atoms with E-state index in [0.717, 1.165) is 36.9 Å². The number of hydrogen-bond donors (Lipinski definition) is 0.